The maximum absolute atomic E-state index is 12.9. The molecule has 0 aliphatic carbocycles. The van der Waals surface area contributed by atoms with Gasteiger partial charge in [0.05, 0.1) is 12.7 Å². The average molecular weight is 251 g/mol. The van der Waals surface area contributed by atoms with Crippen LogP contribution in [0.2, 0.25) is 0 Å². The minimum Gasteiger partial charge on any atom is -0.496 e. The Bertz CT molecular complexity index is 547. The Morgan fingerprint density at radius 1 is 1.06 bits per heavy atom. The van der Waals surface area contributed by atoms with Crippen LogP contribution in [0.5, 0.6) is 5.75 Å². The van der Waals surface area contributed by atoms with E-state index in [2.05, 4.69) is 6.07 Å². The maximum atomic E-state index is 12.9. The van der Waals surface area contributed by atoms with Gasteiger partial charge in [-0.15, -0.1) is 0 Å². The van der Waals surface area contributed by atoms with Crippen LogP contribution in [-0.4, -0.2) is 7.11 Å². The van der Waals surface area contributed by atoms with E-state index < -0.39 is 11.7 Å². The molecule has 0 fully saturated rings. The average Bonchev–Trinajstić information content (AvgIpc) is 2.37. The zero-order valence-electron chi connectivity index (χ0n) is 9.58. The standard InChI is InChI=1S/C14H10F3O/c1-18-13-9-5-3-7-11(13)10-6-2-4-8-12(10)14(15,16)17/h2-5,7-9H,1H3. The van der Waals surface area contributed by atoms with Crippen LogP contribution in [0.25, 0.3) is 11.1 Å². The van der Waals surface area contributed by atoms with Crippen molar-refractivity contribution in [1.29, 1.82) is 0 Å². The van der Waals surface area contributed by atoms with Crippen LogP contribution in [-0.2, 0) is 6.18 Å². The molecule has 1 nitrogen and oxygen atoms in total. The van der Waals surface area contributed by atoms with Gasteiger partial charge in [-0.3, -0.25) is 0 Å². The molecule has 93 valence electrons. The number of methoxy groups -OCH3 is 1. The highest BCUT2D eigenvalue weighted by atomic mass is 19.4. The molecule has 0 saturated heterocycles. The summed E-state index contributed by atoms with van der Waals surface area (Å²) in [6.45, 7) is 0. The van der Waals surface area contributed by atoms with Gasteiger partial charge in [0.1, 0.15) is 5.75 Å². The SMILES string of the molecule is COc1ccccc1-c1[c]cccc1C(F)(F)F. The third-order valence-corrected chi connectivity index (χ3v) is 2.54. The van der Waals surface area contributed by atoms with Crippen LogP contribution in [0.15, 0.2) is 42.5 Å². The van der Waals surface area contributed by atoms with Crippen molar-refractivity contribution in [2.45, 2.75) is 6.18 Å². The summed E-state index contributed by atoms with van der Waals surface area (Å²) >= 11 is 0. The fraction of sp³-hybridized carbons (Fsp3) is 0.143. The van der Waals surface area contributed by atoms with E-state index in [1.807, 2.05) is 0 Å². The van der Waals surface area contributed by atoms with Crippen molar-refractivity contribution in [2.24, 2.45) is 0 Å². The molecule has 0 amide bonds. The van der Waals surface area contributed by atoms with Crippen molar-refractivity contribution < 1.29 is 17.9 Å². The van der Waals surface area contributed by atoms with Crippen LogP contribution in [0.3, 0.4) is 0 Å². The van der Waals surface area contributed by atoms with E-state index in [1.54, 1.807) is 24.3 Å². The van der Waals surface area contributed by atoms with E-state index in [0.717, 1.165) is 6.07 Å². The Balaban J connectivity index is 2.65. The second-order valence-electron chi connectivity index (χ2n) is 3.66. The Morgan fingerprint density at radius 2 is 1.78 bits per heavy atom. The minimum atomic E-state index is -4.41. The number of para-hydroxylation sites is 1. The fourth-order valence-corrected chi connectivity index (χ4v) is 1.75. The molecule has 0 aromatic heterocycles. The summed E-state index contributed by atoms with van der Waals surface area (Å²) in [7, 11) is 1.43. The van der Waals surface area contributed by atoms with Crippen molar-refractivity contribution in [2.75, 3.05) is 7.11 Å². The first-order valence-corrected chi connectivity index (χ1v) is 5.25. The molecule has 0 aliphatic heterocycles. The van der Waals surface area contributed by atoms with Gasteiger partial charge in [-0.2, -0.15) is 13.2 Å². The topological polar surface area (TPSA) is 9.23 Å². The lowest BCUT2D eigenvalue weighted by Gasteiger charge is -2.14. The molecule has 4 heteroatoms. The minimum absolute atomic E-state index is 0.00227. The lowest BCUT2D eigenvalue weighted by Crippen LogP contribution is -2.07. The molecule has 2 rings (SSSR count). The largest absolute Gasteiger partial charge is 0.496 e. The van der Waals surface area contributed by atoms with E-state index in [1.165, 1.54) is 19.2 Å². The predicted octanol–water partition coefficient (Wildman–Crippen LogP) is 4.18. The molecular formula is C14H10F3O. The molecule has 1 radical (unpaired) electrons. The lowest BCUT2D eigenvalue weighted by atomic mass is 9.98. The fourth-order valence-electron chi connectivity index (χ4n) is 1.75. The highest BCUT2D eigenvalue weighted by Gasteiger charge is 2.33. The maximum Gasteiger partial charge on any atom is 0.417 e. The normalized spacial score (nSPS) is 11.3. The highest BCUT2D eigenvalue weighted by molar-refractivity contribution is 5.73. The van der Waals surface area contributed by atoms with Crippen molar-refractivity contribution in [3.63, 3.8) is 0 Å². The molecule has 2 aromatic carbocycles. The van der Waals surface area contributed by atoms with Crippen LogP contribution in [0.4, 0.5) is 13.2 Å². The first-order valence-electron chi connectivity index (χ1n) is 5.25. The van der Waals surface area contributed by atoms with Crippen molar-refractivity contribution in [1.82, 2.24) is 0 Å². The molecule has 0 bridgehead atoms. The highest BCUT2D eigenvalue weighted by Crippen LogP contribution is 2.39. The first-order chi connectivity index (χ1) is 8.54. The van der Waals surface area contributed by atoms with E-state index in [0.29, 0.717) is 11.3 Å². The van der Waals surface area contributed by atoms with E-state index in [9.17, 15) is 13.2 Å². The van der Waals surface area contributed by atoms with Gasteiger partial charge < -0.3 is 4.74 Å². The van der Waals surface area contributed by atoms with Gasteiger partial charge in [-0.05, 0) is 18.2 Å². The number of ether oxygens (including phenoxy) is 1. The number of rotatable bonds is 2. The van der Waals surface area contributed by atoms with Crippen molar-refractivity contribution >= 4 is 0 Å². The molecular weight excluding hydrogens is 241 g/mol. The van der Waals surface area contributed by atoms with E-state index in [-0.39, 0.29) is 5.56 Å². The predicted molar refractivity (Wildman–Crippen MR) is 62.3 cm³/mol. The van der Waals surface area contributed by atoms with E-state index >= 15 is 0 Å². The van der Waals surface area contributed by atoms with Crippen LogP contribution < -0.4 is 4.74 Å². The van der Waals surface area contributed by atoms with Crippen molar-refractivity contribution in [3.8, 4) is 16.9 Å². The van der Waals surface area contributed by atoms with Gasteiger partial charge in [0.2, 0.25) is 0 Å². The molecule has 0 spiro atoms. The Kier molecular flexibility index (Phi) is 3.28. The quantitative estimate of drug-likeness (QED) is 0.778. The number of hydrogen-bond acceptors (Lipinski definition) is 1. The summed E-state index contributed by atoms with van der Waals surface area (Å²) in [5.74, 6) is 0.394. The van der Waals surface area contributed by atoms with Crippen LogP contribution in [0.1, 0.15) is 5.56 Å². The molecule has 0 N–H and O–H groups in total. The van der Waals surface area contributed by atoms with Crippen LogP contribution >= 0.6 is 0 Å². The zero-order chi connectivity index (χ0) is 13.2. The second kappa shape index (κ2) is 4.72. The molecule has 18 heavy (non-hydrogen) atoms. The zero-order valence-corrected chi connectivity index (χ0v) is 9.58. The summed E-state index contributed by atoms with van der Waals surface area (Å²) in [5, 5.41) is 0. The van der Waals surface area contributed by atoms with Gasteiger partial charge in [0.15, 0.2) is 0 Å². The third kappa shape index (κ3) is 2.32. The second-order valence-corrected chi connectivity index (χ2v) is 3.66. The monoisotopic (exact) mass is 251 g/mol. The molecule has 0 atom stereocenters. The molecule has 0 aliphatic rings. The number of benzene rings is 2. The first kappa shape index (κ1) is 12.5. The van der Waals surface area contributed by atoms with Gasteiger partial charge in [-0.25, -0.2) is 0 Å². The summed E-state index contributed by atoms with van der Waals surface area (Å²) in [6, 6.07) is 13.0. The molecule has 0 saturated carbocycles. The van der Waals surface area contributed by atoms with Gasteiger partial charge in [-0.1, -0.05) is 30.3 Å². The smallest absolute Gasteiger partial charge is 0.417 e. The number of alkyl halides is 3. The van der Waals surface area contributed by atoms with Crippen LogP contribution in [0, 0.1) is 6.07 Å². The van der Waals surface area contributed by atoms with Gasteiger partial charge in [0, 0.05) is 11.1 Å². The number of hydrogen-bond donors (Lipinski definition) is 0. The molecule has 0 heterocycles. The summed E-state index contributed by atoms with van der Waals surface area (Å²) in [6.07, 6.45) is -4.41. The Morgan fingerprint density at radius 3 is 2.44 bits per heavy atom. The molecule has 0 unspecified atom stereocenters. The Hall–Kier alpha value is -1.97. The summed E-state index contributed by atoms with van der Waals surface area (Å²) < 4.78 is 43.8. The van der Waals surface area contributed by atoms with E-state index in [4.69, 9.17) is 4.74 Å². The summed E-state index contributed by atoms with van der Waals surface area (Å²) in [5.41, 5.74) is -0.329. The lowest BCUT2D eigenvalue weighted by molar-refractivity contribution is -0.137. The molecule has 2 aromatic rings. The summed E-state index contributed by atoms with van der Waals surface area (Å²) in [4.78, 5) is 0. The Labute approximate surface area is 103 Å². The van der Waals surface area contributed by atoms with Gasteiger partial charge >= 0.3 is 6.18 Å². The third-order valence-electron chi connectivity index (χ3n) is 2.54. The number of halogens is 3. The van der Waals surface area contributed by atoms with Crippen molar-refractivity contribution in [3.05, 3.63) is 54.1 Å². The van der Waals surface area contributed by atoms with Gasteiger partial charge in [0.25, 0.3) is 0 Å².